The van der Waals surface area contributed by atoms with Crippen LogP contribution in [0.2, 0.25) is 0 Å². The molecule has 0 fully saturated rings. The first-order chi connectivity index (χ1) is 7.68. The minimum absolute atomic E-state index is 0.318. The van der Waals surface area contributed by atoms with Crippen molar-refractivity contribution in [2.75, 3.05) is 0 Å². The van der Waals surface area contributed by atoms with Crippen LogP contribution in [0.4, 0.5) is 0 Å². The Kier molecular flexibility index (Phi) is 3.04. The Morgan fingerprint density at radius 2 is 2.25 bits per heavy atom. The van der Waals surface area contributed by atoms with Crippen LogP contribution in [-0.4, -0.2) is 16.1 Å². The average molecular weight is 217 g/mol. The second-order valence-corrected chi connectivity index (χ2v) is 4.15. The number of rotatable bonds is 2. The first-order valence-electron chi connectivity index (χ1n) is 5.58. The van der Waals surface area contributed by atoms with Gasteiger partial charge in [-0.05, 0) is 49.8 Å². The highest BCUT2D eigenvalue weighted by atomic mass is 16.4. The summed E-state index contributed by atoms with van der Waals surface area (Å²) >= 11 is 0. The molecule has 3 nitrogen and oxygen atoms in total. The second kappa shape index (κ2) is 4.47. The van der Waals surface area contributed by atoms with Gasteiger partial charge in [0, 0.05) is 11.9 Å². The van der Waals surface area contributed by atoms with Crippen molar-refractivity contribution in [2.24, 2.45) is 0 Å². The van der Waals surface area contributed by atoms with E-state index >= 15 is 0 Å². The van der Waals surface area contributed by atoms with Crippen LogP contribution in [0.3, 0.4) is 0 Å². The van der Waals surface area contributed by atoms with Gasteiger partial charge in [-0.3, -0.25) is 4.98 Å². The van der Waals surface area contributed by atoms with Crippen LogP contribution in [-0.2, 0) is 0 Å². The van der Waals surface area contributed by atoms with Crippen molar-refractivity contribution < 1.29 is 9.90 Å². The number of carboxylic acid groups (broad SMARTS) is 1. The number of carboxylic acids is 1. The number of aryl methyl sites for hydroxylation is 1. The van der Waals surface area contributed by atoms with Crippen molar-refractivity contribution in [2.45, 2.75) is 32.6 Å². The lowest BCUT2D eigenvalue weighted by atomic mass is 9.91. The molecular weight excluding hydrogens is 202 g/mol. The fourth-order valence-electron chi connectivity index (χ4n) is 2.08. The standard InChI is InChI=1S/C13H15NO2/c1-9-7-11(10-5-3-2-4-6-10)12(8-14-9)13(15)16/h5,7-8H,2-4,6H2,1H3,(H,15,16). The quantitative estimate of drug-likeness (QED) is 0.828. The summed E-state index contributed by atoms with van der Waals surface area (Å²) in [6, 6.07) is 1.88. The third-order valence-electron chi connectivity index (χ3n) is 2.91. The maximum atomic E-state index is 11.1. The molecule has 0 saturated carbocycles. The Morgan fingerprint density at radius 1 is 1.44 bits per heavy atom. The van der Waals surface area contributed by atoms with Gasteiger partial charge in [0.25, 0.3) is 0 Å². The number of allylic oxidation sites excluding steroid dienone is 2. The number of aromatic carboxylic acids is 1. The zero-order valence-electron chi connectivity index (χ0n) is 9.36. The van der Waals surface area contributed by atoms with Gasteiger partial charge in [-0.2, -0.15) is 0 Å². The molecule has 3 heteroatoms. The van der Waals surface area contributed by atoms with Gasteiger partial charge < -0.3 is 5.11 Å². The van der Waals surface area contributed by atoms with E-state index in [0.717, 1.165) is 36.1 Å². The van der Waals surface area contributed by atoms with Crippen LogP contribution in [0.5, 0.6) is 0 Å². The van der Waals surface area contributed by atoms with Crippen LogP contribution >= 0.6 is 0 Å². The highest BCUT2D eigenvalue weighted by Crippen LogP contribution is 2.29. The zero-order valence-corrected chi connectivity index (χ0v) is 9.36. The van der Waals surface area contributed by atoms with E-state index in [1.807, 2.05) is 13.0 Å². The summed E-state index contributed by atoms with van der Waals surface area (Å²) in [4.78, 5) is 15.2. The third-order valence-corrected chi connectivity index (χ3v) is 2.91. The lowest BCUT2D eigenvalue weighted by Crippen LogP contribution is -2.05. The van der Waals surface area contributed by atoms with Crippen LogP contribution in [0.25, 0.3) is 5.57 Å². The predicted molar refractivity (Wildman–Crippen MR) is 62.4 cm³/mol. The lowest BCUT2D eigenvalue weighted by molar-refractivity contribution is 0.0696. The number of nitrogens with zero attached hydrogens (tertiary/aromatic N) is 1. The third kappa shape index (κ3) is 2.13. The average Bonchev–Trinajstić information content (AvgIpc) is 2.29. The first kappa shape index (κ1) is 10.9. The number of hydrogen-bond acceptors (Lipinski definition) is 2. The van der Waals surface area contributed by atoms with Crippen molar-refractivity contribution in [3.8, 4) is 0 Å². The van der Waals surface area contributed by atoms with Crippen LogP contribution in [0, 0.1) is 6.92 Å². The van der Waals surface area contributed by atoms with Crippen molar-refractivity contribution >= 4 is 11.5 Å². The molecule has 1 aromatic heterocycles. The van der Waals surface area contributed by atoms with Crippen LogP contribution in [0.1, 0.15) is 47.3 Å². The van der Waals surface area contributed by atoms with Gasteiger partial charge in [0.05, 0.1) is 5.56 Å². The van der Waals surface area contributed by atoms with E-state index < -0.39 is 5.97 Å². The minimum Gasteiger partial charge on any atom is -0.478 e. The molecule has 0 spiro atoms. The second-order valence-electron chi connectivity index (χ2n) is 4.15. The molecule has 0 radical (unpaired) electrons. The molecule has 0 bridgehead atoms. The lowest BCUT2D eigenvalue weighted by Gasteiger charge is -2.15. The summed E-state index contributed by atoms with van der Waals surface area (Å²) in [6.07, 6.45) is 7.99. The van der Waals surface area contributed by atoms with Gasteiger partial charge in [0.2, 0.25) is 0 Å². The van der Waals surface area contributed by atoms with Crippen molar-refractivity contribution in [1.82, 2.24) is 4.98 Å². The van der Waals surface area contributed by atoms with E-state index in [0.29, 0.717) is 5.56 Å². The van der Waals surface area contributed by atoms with E-state index in [1.165, 1.54) is 12.6 Å². The van der Waals surface area contributed by atoms with Gasteiger partial charge in [-0.15, -0.1) is 0 Å². The summed E-state index contributed by atoms with van der Waals surface area (Å²) in [5.74, 6) is -0.894. The smallest absolute Gasteiger partial charge is 0.337 e. The monoisotopic (exact) mass is 217 g/mol. The van der Waals surface area contributed by atoms with E-state index in [9.17, 15) is 4.79 Å². The normalized spacial score (nSPS) is 15.7. The molecule has 0 amide bonds. The maximum Gasteiger partial charge on any atom is 0.337 e. The first-order valence-corrected chi connectivity index (χ1v) is 5.58. The predicted octanol–water partition coefficient (Wildman–Crippen LogP) is 3.05. The molecule has 0 unspecified atom stereocenters. The maximum absolute atomic E-state index is 11.1. The molecule has 1 aromatic rings. The summed E-state index contributed by atoms with van der Waals surface area (Å²) in [5.41, 5.74) is 3.19. The summed E-state index contributed by atoms with van der Waals surface area (Å²) in [6.45, 7) is 1.89. The number of aromatic nitrogens is 1. The summed E-state index contributed by atoms with van der Waals surface area (Å²) in [5, 5.41) is 9.12. The molecule has 1 heterocycles. The Morgan fingerprint density at radius 3 is 2.88 bits per heavy atom. The molecule has 16 heavy (non-hydrogen) atoms. The highest BCUT2D eigenvalue weighted by Gasteiger charge is 2.15. The Labute approximate surface area is 94.8 Å². The van der Waals surface area contributed by atoms with Gasteiger partial charge >= 0.3 is 5.97 Å². The van der Waals surface area contributed by atoms with Crippen LogP contribution in [0.15, 0.2) is 18.3 Å². The van der Waals surface area contributed by atoms with Crippen molar-refractivity contribution in [1.29, 1.82) is 0 Å². The molecule has 0 aliphatic heterocycles. The highest BCUT2D eigenvalue weighted by molar-refractivity contribution is 5.93. The van der Waals surface area contributed by atoms with Crippen LogP contribution < -0.4 is 0 Å². The molecule has 84 valence electrons. The molecule has 1 aliphatic rings. The zero-order chi connectivity index (χ0) is 11.5. The van der Waals surface area contributed by atoms with Gasteiger partial charge in [0.1, 0.15) is 0 Å². The van der Waals surface area contributed by atoms with Gasteiger partial charge in [-0.1, -0.05) is 6.08 Å². The molecule has 1 N–H and O–H groups in total. The van der Waals surface area contributed by atoms with E-state index in [2.05, 4.69) is 11.1 Å². The van der Waals surface area contributed by atoms with E-state index in [4.69, 9.17) is 5.11 Å². The van der Waals surface area contributed by atoms with Crippen molar-refractivity contribution in [3.05, 3.63) is 35.2 Å². The van der Waals surface area contributed by atoms with Crippen molar-refractivity contribution in [3.63, 3.8) is 0 Å². The SMILES string of the molecule is Cc1cc(C2=CCCCC2)c(C(=O)O)cn1. The fraction of sp³-hybridized carbons (Fsp3) is 0.385. The van der Waals surface area contributed by atoms with E-state index in [1.54, 1.807) is 0 Å². The molecule has 1 aliphatic carbocycles. The molecule has 0 atom stereocenters. The Balaban J connectivity index is 2.48. The largest absolute Gasteiger partial charge is 0.478 e. The Bertz CT molecular complexity index is 449. The molecular formula is C13H15NO2. The summed E-state index contributed by atoms with van der Waals surface area (Å²) < 4.78 is 0. The van der Waals surface area contributed by atoms with Gasteiger partial charge in [0.15, 0.2) is 0 Å². The molecule has 2 rings (SSSR count). The number of carbonyl (C=O) groups is 1. The molecule has 0 aromatic carbocycles. The number of pyridine rings is 1. The van der Waals surface area contributed by atoms with Gasteiger partial charge in [-0.25, -0.2) is 4.79 Å². The number of hydrogen-bond donors (Lipinski definition) is 1. The topological polar surface area (TPSA) is 50.2 Å². The fourth-order valence-corrected chi connectivity index (χ4v) is 2.08. The Hall–Kier alpha value is -1.64. The molecule has 0 saturated heterocycles. The summed E-state index contributed by atoms with van der Waals surface area (Å²) in [7, 11) is 0. The minimum atomic E-state index is -0.894. The van der Waals surface area contributed by atoms with E-state index in [-0.39, 0.29) is 0 Å².